The average molecular weight is 703 g/mol. The number of ether oxygens (including phenoxy) is 4. The van der Waals surface area contributed by atoms with Crippen molar-refractivity contribution in [3.8, 4) is 0 Å². The first kappa shape index (κ1) is 45.7. The first-order chi connectivity index (χ1) is 23.7. The van der Waals surface area contributed by atoms with Gasteiger partial charge in [-0.25, -0.2) is 0 Å². The number of nitrogens with one attached hydrogen (secondary N) is 6. The Morgan fingerprint density at radius 1 is 0.408 bits per heavy atom. The first-order valence-electron chi connectivity index (χ1n) is 17.3. The Labute approximate surface area is 291 Å². The highest BCUT2D eigenvalue weighted by Gasteiger charge is 2.22. The molecule has 0 aliphatic rings. The summed E-state index contributed by atoms with van der Waals surface area (Å²) in [6.07, 6.45) is 5.43. The van der Waals surface area contributed by atoms with Crippen LogP contribution in [-0.4, -0.2) is 129 Å². The van der Waals surface area contributed by atoms with Gasteiger partial charge in [0.25, 0.3) is 0 Å². The third kappa shape index (κ3) is 27.2. The van der Waals surface area contributed by atoms with Crippen LogP contribution < -0.4 is 31.9 Å². The van der Waals surface area contributed by atoms with Crippen molar-refractivity contribution >= 4 is 35.4 Å². The molecule has 16 nitrogen and oxygen atoms in total. The lowest BCUT2D eigenvalue weighted by Gasteiger charge is -2.20. The van der Waals surface area contributed by atoms with Crippen LogP contribution in [-0.2, 0) is 47.7 Å². The van der Waals surface area contributed by atoms with Gasteiger partial charge >= 0.3 is 0 Å². The fraction of sp³-hybridized carbons (Fsp3) is 0.818. The molecule has 49 heavy (non-hydrogen) atoms. The molecular formula is C33H62N6O10. The van der Waals surface area contributed by atoms with Crippen molar-refractivity contribution in [1.29, 1.82) is 0 Å². The lowest BCUT2D eigenvalue weighted by Crippen LogP contribution is -2.48. The van der Waals surface area contributed by atoms with E-state index in [-0.39, 0.29) is 61.4 Å². The van der Waals surface area contributed by atoms with Crippen LogP contribution in [0.1, 0.15) is 83.5 Å². The molecular weight excluding hydrogens is 640 g/mol. The highest BCUT2D eigenvalue weighted by atomic mass is 16.5. The van der Waals surface area contributed by atoms with E-state index >= 15 is 0 Å². The van der Waals surface area contributed by atoms with E-state index in [4.69, 9.17) is 18.9 Å². The summed E-state index contributed by atoms with van der Waals surface area (Å²) in [4.78, 5) is 74.7. The van der Waals surface area contributed by atoms with Crippen LogP contribution in [0.25, 0.3) is 0 Å². The molecule has 0 bridgehead atoms. The van der Waals surface area contributed by atoms with Crippen molar-refractivity contribution in [2.24, 2.45) is 0 Å². The van der Waals surface area contributed by atoms with Gasteiger partial charge in [-0.3, -0.25) is 28.8 Å². The molecule has 16 heteroatoms. The molecule has 0 saturated heterocycles. The van der Waals surface area contributed by atoms with E-state index in [0.717, 1.165) is 0 Å². The number of rotatable bonds is 32. The summed E-state index contributed by atoms with van der Waals surface area (Å²) in [6, 6.07) is -1.57. The topological polar surface area (TPSA) is 212 Å². The summed E-state index contributed by atoms with van der Waals surface area (Å²) < 4.78 is 19.9. The second kappa shape index (κ2) is 31.9. The quantitative estimate of drug-likeness (QED) is 0.0520. The highest BCUT2D eigenvalue weighted by molar-refractivity contribution is 5.88. The van der Waals surface area contributed by atoms with Crippen LogP contribution in [0.3, 0.4) is 0 Å². The van der Waals surface area contributed by atoms with Gasteiger partial charge in [0, 0.05) is 107 Å². The largest absolute Gasteiger partial charge is 0.385 e. The van der Waals surface area contributed by atoms with Gasteiger partial charge in [-0.05, 0) is 57.8 Å². The Bertz CT molecular complexity index is 868. The van der Waals surface area contributed by atoms with Gasteiger partial charge in [0.15, 0.2) is 0 Å². The molecule has 0 rings (SSSR count). The van der Waals surface area contributed by atoms with E-state index in [9.17, 15) is 28.8 Å². The summed E-state index contributed by atoms with van der Waals surface area (Å²) in [7, 11) is 6.26. The van der Waals surface area contributed by atoms with Crippen molar-refractivity contribution in [2.75, 3.05) is 81.0 Å². The fourth-order valence-corrected chi connectivity index (χ4v) is 4.58. The Morgan fingerprint density at radius 3 is 1.04 bits per heavy atom. The maximum atomic E-state index is 13.0. The van der Waals surface area contributed by atoms with E-state index in [0.29, 0.717) is 110 Å². The molecule has 0 spiro atoms. The van der Waals surface area contributed by atoms with Gasteiger partial charge in [-0.1, -0.05) is 0 Å². The molecule has 6 N–H and O–H groups in total. The van der Waals surface area contributed by atoms with Gasteiger partial charge in [0.05, 0.1) is 0 Å². The molecule has 0 aromatic heterocycles. The lowest BCUT2D eigenvalue weighted by atomic mass is 10.1. The lowest BCUT2D eigenvalue weighted by molar-refractivity contribution is -0.129. The summed E-state index contributed by atoms with van der Waals surface area (Å²) in [5, 5.41) is 16.8. The zero-order chi connectivity index (χ0) is 36.5. The van der Waals surface area contributed by atoms with Gasteiger partial charge < -0.3 is 50.8 Å². The molecule has 0 aromatic rings. The first-order valence-corrected chi connectivity index (χ1v) is 17.3. The molecule has 0 heterocycles. The number of methoxy groups -OCH3 is 4. The Hall–Kier alpha value is -3.34. The SMILES string of the molecule is COCCCC(=O)NCCCC(NC(=O)CCCOC)C(=O)NCCCNC(=O)C(CCCNC(=O)CCCOC)NC(=O)CCCOC. The minimum atomic E-state index is -0.784. The smallest absolute Gasteiger partial charge is 0.242 e. The molecule has 0 radical (unpaired) electrons. The molecule has 2 unspecified atom stereocenters. The number of hydrogen-bond donors (Lipinski definition) is 6. The molecule has 0 fully saturated rings. The standard InChI is InChI=1S/C33H62N6O10/c1-46-22-7-14-28(40)34-18-5-12-26(38-30(42)16-9-24-48-3)32(44)36-20-11-21-37-33(45)27(39-31(43)17-10-25-49-4)13-6-19-35-29(41)15-8-23-47-2/h26-27H,5-25H2,1-4H3,(H,34,40)(H,35,41)(H,36,44)(H,37,45)(H,38,42)(H,39,43). The Kier molecular flexibility index (Phi) is 29.7. The van der Waals surface area contributed by atoms with Gasteiger partial charge in [0.1, 0.15) is 12.1 Å². The molecule has 6 amide bonds. The number of carbonyl (C=O) groups is 6. The van der Waals surface area contributed by atoms with E-state index < -0.39 is 12.1 Å². The van der Waals surface area contributed by atoms with Crippen LogP contribution >= 0.6 is 0 Å². The maximum Gasteiger partial charge on any atom is 0.242 e. The van der Waals surface area contributed by atoms with Crippen LogP contribution in [0, 0.1) is 0 Å². The summed E-state index contributed by atoms with van der Waals surface area (Å²) >= 11 is 0. The number of carbonyl (C=O) groups excluding carboxylic acids is 6. The second-order valence-corrected chi connectivity index (χ2v) is 11.5. The summed E-state index contributed by atoms with van der Waals surface area (Å²) in [5.41, 5.74) is 0. The molecule has 0 aliphatic carbocycles. The van der Waals surface area contributed by atoms with Gasteiger partial charge in [-0.2, -0.15) is 0 Å². The van der Waals surface area contributed by atoms with Crippen molar-refractivity contribution in [3.05, 3.63) is 0 Å². The van der Waals surface area contributed by atoms with Crippen LogP contribution in [0.5, 0.6) is 0 Å². The van der Waals surface area contributed by atoms with Crippen LogP contribution in [0.4, 0.5) is 0 Å². The van der Waals surface area contributed by atoms with Gasteiger partial charge in [0.2, 0.25) is 35.4 Å². The van der Waals surface area contributed by atoms with Crippen molar-refractivity contribution in [1.82, 2.24) is 31.9 Å². The van der Waals surface area contributed by atoms with Crippen molar-refractivity contribution in [2.45, 2.75) is 95.6 Å². The van der Waals surface area contributed by atoms with E-state index in [2.05, 4.69) is 31.9 Å². The molecule has 0 saturated carbocycles. The molecule has 0 aromatic carbocycles. The average Bonchev–Trinajstić information content (AvgIpc) is 3.07. The Balaban J connectivity index is 4.87. The third-order valence-corrected chi connectivity index (χ3v) is 7.25. The van der Waals surface area contributed by atoms with Gasteiger partial charge in [-0.15, -0.1) is 0 Å². The number of amides is 6. The fourth-order valence-electron chi connectivity index (χ4n) is 4.58. The zero-order valence-corrected chi connectivity index (χ0v) is 30.1. The normalized spacial score (nSPS) is 12.0. The molecule has 2 atom stereocenters. The predicted octanol–water partition coefficient (Wildman–Crippen LogP) is 0.0777. The van der Waals surface area contributed by atoms with Crippen molar-refractivity contribution in [3.63, 3.8) is 0 Å². The van der Waals surface area contributed by atoms with E-state index in [1.54, 1.807) is 28.4 Å². The second-order valence-electron chi connectivity index (χ2n) is 11.5. The summed E-state index contributed by atoms with van der Waals surface area (Å²) in [5.74, 6) is -1.45. The monoisotopic (exact) mass is 702 g/mol. The molecule has 0 aliphatic heterocycles. The zero-order valence-electron chi connectivity index (χ0n) is 30.1. The minimum Gasteiger partial charge on any atom is -0.385 e. The third-order valence-electron chi connectivity index (χ3n) is 7.25. The van der Waals surface area contributed by atoms with E-state index in [1.807, 2.05) is 0 Å². The summed E-state index contributed by atoms with van der Waals surface area (Å²) in [6.45, 7) is 3.07. The van der Waals surface area contributed by atoms with E-state index in [1.165, 1.54) is 0 Å². The molecule has 284 valence electrons. The minimum absolute atomic E-state index is 0.0999. The number of hydrogen-bond acceptors (Lipinski definition) is 10. The predicted molar refractivity (Wildman–Crippen MR) is 183 cm³/mol. The highest BCUT2D eigenvalue weighted by Crippen LogP contribution is 2.03. The maximum absolute atomic E-state index is 13.0. The van der Waals surface area contributed by atoms with Crippen LogP contribution in [0.15, 0.2) is 0 Å². The van der Waals surface area contributed by atoms with Crippen molar-refractivity contribution < 1.29 is 47.7 Å². The van der Waals surface area contributed by atoms with Crippen LogP contribution in [0.2, 0.25) is 0 Å². The Morgan fingerprint density at radius 2 is 0.714 bits per heavy atom.